The van der Waals surface area contributed by atoms with Crippen molar-refractivity contribution in [2.24, 2.45) is 5.92 Å². The van der Waals surface area contributed by atoms with E-state index >= 15 is 0 Å². The van der Waals surface area contributed by atoms with Crippen LogP contribution in [-0.4, -0.2) is 24.5 Å². The average Bonchev–Trinajstić information content (AvgIpc) is 2.33. The Balaban J connectivity index is 1.77. The molecule has 0 unspecified atom stereocenters. The number of likely N-dealkylation sites (tertiary alicyclic amines) is 1. The third-order valence-electron chi connectivity index (χ3n) is 3.35. The van der Waals surface area contributed by atoms with Crippen molar-refractivity contribution in [1.82, 2.24) is 4.90 Å². The predicted octanol–water partition coefficient (Wildman–Crippen LogP) is 3.43. The standard InChI is InChI=1S/C15H21N/c1-14-9-12-16(13-10-14)11-5-8-15-6-3-2-4-7-15/h2-8,14H,9-13H2,1H3. The van der Waals surface area contributed by atoms with Gasteiger partial charge in [0.05, 0.1) is 0 Å². The molecule has 1 saturated heterocycles. The third kappa shape index (κ3) is 3.49. The lowest BCUT2D eigenvalue weighted by Crippen LogP contribution is -2.32. The largest absolute Gasteiger partial charge is 0.300 e. The first kappa shape index (κ1) is 11.4. The summed E-state index contributed by atoms with van der Waals surface area (Å²) < 4.78 is 0. The molecule has 0 N–H and O–H groups in total. The zero-order valence-corrected chi connectivity index (χ0v) is 10.1. The van der Waals surface area contributed by atoms with E-state index in [1.54, 1.807) is 0 Å². The Labute approximate surface area is 98.8 Å². The molecule has 0 radical (unpaired) electrons. The van der Waals surface area contributed by atoms with Crippen LogP contribution in [0.15, 0.2) is 36.4 Å². The van der Waals surface area contributed by atoms with Gasteiger partial charge in [0, 0.05) is 6.54 Å². The van der Waals surface area contributed by atoms with Gasteiger partial charge < -0.3 is 0 Å². The second-order valence-electron chi connectivity index (χ2n) is 4.80. The highest BCUT2D eigenvalue weighted by atomic mass is 15.1. The van der Waals surface area contributed by atoms with Gasteiger partial charge in [-0.3, -0.25) is 4.90 Å². The zero-order chi connectivity index (χ0) is 11.2. The first-order valence-electron chi connectivity index (χ1n) is 6.28. The molecule has 2 rings (SSSR count). The molecule has 0 spiro atoms. The molecular formula is C15H21N. The fourth-order valence-corrected chi connectivity index (χ4v) is 2.15. The summed E-state index contributed by atoms with van der Waals surface area (Å²) in [7, 11) is 0. The molecular weight excluding hydrogens is 194 g/mol. The molecule has 0 saturated carbocycles. The number of rotatable bonds is 3. The summed E-state index contributed by atoms with van der Waals surface area (Å²) >= 11 is 0. The van der Waals surface area contributed by atoms with Crippen LogP contribution in [-0.2, 0) is 0 Å². The van der Waals surface area contributed by atoms with Crippen molar-refractivity contribution in [2.75, 3.05) is 19.6 Å². The molecule has 0 amide bonds. The molecule has 1 aromatic carbocycles. The second kappa shape index (κ2) is 5.86. The molecule has 86 valence electrons. The van der Waals surface area contributed by atoms with E-state index in [9.17, 15) is 0 Å². The Kier molecular flexibility index (Phi) is 4.17. The monoisotopic (exact) mass is 215 g/mol. The number of nitrogens with zero attached hydrogens (tertiary/aromatic N) is 1. The van der Waals surface area contributed by atoms with Crippen LogP contribution in [0.5, 0.6) is 0 Å². The van der Waals surface area contributed by atoms with Crippen molar-refractivity contribution in [3.05, 3.63) is 42.0 Å². The SMILES string of the molecule is CC1CCN(CC=Cc2ccccc2)CC1. The normalized spacial score (nSPS) is 19.3. The van der Waals surface area contributed by atoms with Crippen LogP contribution < -0.4 is 0 Å². The van der Waals surface area contributed by atoms with E-state index in [-0.39, 0.29) is 0 Å². The predicted molar refractivity (Wildman–Crippen MR) is 70.3 cm³/mol. The molecule has 1 aromatic rings. The molecule has 1 fully saturated rings. The summed E-state index contributed by atoms with van der Waals surface area (Å²) in [6.07, 6.45) is 7.22. The highest BCUT2D eigenvalue weighted by molar-refractivity contribution is 5.48. The molecule has 1 heteroatoms. The average molecular weight is 215 g/mol. The van der Waals surface area contributed by atoms with Gasteiger partial charge in [-0.1, -0.05) is 49.4 Å². The fraction of sp³-hybridized carbons (Fsp3) is 0.467. The Morgan fingerprint density at radius 2 is 1.88 bits per heavy atom. The second-order valence-corrected chi connectivity index (χ2v) is 4.80. The Bertz CT molecular complexity index is 321. The number of benzene rings is 1. The number of hydrogen-bond donors (Lipinski definition) is 0. The van der Waals surface area contributed by atoms with Crippen molar-refractivity contribution in [3.63, 3.8) is 0 Å². The summed E-state index contributed by atoms with van der Waals surface area (Å²) in [6.45, 7) is 5.99. The lowest BCUT2D eigenvalue weighted by molar-refractivity contribution is 0.210. The minimum atomic E-state index is 0.925. The maximum atomic E-state index is 2.54. The van der Waals surface area contributed by atoms with Gasteiger partial charge in [0.2, 0.25) is 0 Å². The maximum Gasteiger partial charge on any atom is 0.0166 e. The third-order valence-corrected chi connectivity index (χ3v) is 3.35. The van der Waals surface area contributed by atoms with Crippen molar-refractivity contribution in [2.45, 2.75) is 19.8 Å². The van der Waals surface area contributed by atoms with Gasteiger partial charge in [0.15, 0.2) is 0 Å². The maximum absolute atomic E-state index is 2.54. The summed E-state index contributed by atoms with van der Waals surface area (Å²) in [5.74, 6) is 0.925. The van der Waals surface area contributed by atoms with Crippen LogP contribution in [0.25, 0.3) is 6.08 Å². The van der Waals surface area contributed by atoms with Crippen LogP contribution in [0.4, 0.5) is 0 Å². The Morgan fingerprint density at radius 1 is 1.19 bits per heavy atom. The molecule has 0 bridgehead atoms. The van der Waals surface area contributed by atoms with E-state index in [2.05, 4.69) is 54.3 Å². The number of piperidine rings is 1. The molecule has 1 heterocycles. The lowest BCUT2D eigenvalue weighted by atomic mass is 9.99. The minimum absolute atomic E-state index is 0.925. The smallest absolute Gasteiger partial charge is 0.0166 e. The van der Waals surface area contributed by atoms with Crippen LogP contribution in [0.2, 0.25) is 0 Å². The zero-order valence-electron chi connectivity index (χ0n) is 10.1. The van der Waals surface area contributed by atoms with E-state index in [1.807, 2.05) is 0 Å². The summed E-state index contributed by atoms with van der Waals surface area (Å²) in [5.41, 5.74) is 1.30. The van der Waals surface area contributed by atoms with E-state index in [0.717, 1.165) is 12.5 Å². The topological polar surface area (TPSA) is 3.24 Å². The van der Waals surface area contributed by atoms with Crippen molar-refractivity contribution < 1.29 is 0 Å². The summed E-state index contributed by atoms with van der Waals surface area (Å²) in [6, 6.07) is 10.5. The van der Waals surface area contributed by atoms with Crippen LogP contribution in [0.3, 0.4) is 0 Å². The minimum Gasteiger partial charge on any atom is -0.300 e. The Morgan fingerprint density at radius 3 is 2.56 bits per heavy atom. The van der Waals surface area contributed by atoms with Gasteiger partial charge >= 0.3 is 0 Å². The van der Waals surface area contributed by atoms with E-state index in [1.165, 1.54) is 31.5 Å². The highest BCUT2D eigenvalue weighted by Crippen LogP contribution is 2.15. The summed E-state index contributed by atoms with van der Waals surface area (Å²) in [4.78, 5) is 2.54. The van der Waals surface area contributed by atoms with Crippen LogP contribution in [0, 0.1) is 5.92 Å². The Hall–Kier alpha value is -1.08. The quantitative estimate of drug-likeness (QED) is 0.746. The molecule has 0 atom stereocenters. The molecule has 1 aliphatic rings. The molecule has 16 heavy (non-hydrogen) atoms. The van der Waals surface area contributed by atoms with Gasteiger partial charge in [-0.05, 0) is 37.4 Å². The van der Waals surface area contributed by atoms with Gasteiger partial charge in [0.1, 0.15) is 0 Å². The molecule has 0 aromatic heterocycles. The van der Waals surface area contributed by atoms with Crippen molar-refractivity contribution in [3.8, 4) is 0 Å². The highest BCUT2D eigenvalue weighted by Gasteiger charge is 2.13. The van der Waals surface area contributed by atoms with E-state index < -0.39 is 0 Å². The van der Waals surface area contributed by atoms with Gasteiger partial charge in [-0.2, -0.15) is 0 Å². The fourth-order valence-electron chi connectivity index (χ4n) is 2.15. The van der Waals surface area contributed by atoms with Crippen LogP contribution >= 0.6 is 0 Å². The molecule has 0 aliphatic carbocycles. The van der Waals surface area contributed by atoms with E-state index in [4.69, 9.17) is 0 Å². The summed E-state index contributed by atoms with van der Waals surface area (Å²) in [5, 5.41) is 0. The van der Waals surface area contributed by atoms with E-state index in [0.29, 0.717) is 0 Å². The molecule has 1 nitrogen and oxygen atoms in total. The van der Waals surface area contributed by atoms with Crippen molar-refractivity contribution >= 4 is 6.08 Å². The van der Waals surface area contributed by atoms with Gasteiger partial charge in [-0.25, -0.2) is 0 Å². The van der Waals surface area contributed by atoms with Gasteiger partial charge in [0.25, 0.3) is 0 Å². The first-order valence-corrected chi connectivity index (χ1v) is 6.28. The molecule has 1 aliphatic heterocycles. The first-order chi connectivity index (χ1) is 7.84. The van der Waals surface area contributed by atoms with Gasteiger partial charge in [-0.15, -0.1) is 0 Å². The lowest BCUT2D eigenvalue weighted by Gasteiger charge is -2.29. The van der Waals surface area contributed by atoms with Crippen molar-refractivity contribution in [1.29, 1.82) is 0 Å². The van der Waals surface area contributed by atoms with Crippen LogP contribution in [0.1, 0.15) is 25.3 Å². The number of hydrogen-bond acceptors (Lipinski definition) is 1.